The Morgan fingerprint density at radius 1 is 1.23 bits per heavy atom. The third kappa shape index (κ3) is 5.69. The number of hydrogen-bond donors (Lipinski definition) is 1. The quantitative estimate of drug-likeness (QED) is 0.514. The summed E-state index contributed by atoms with van der Waals surface area (Å²) in [5.74, 6) is -0.828. The first-order valence-electron chi connectivity index (χ1n) is 7.05. The smallest absolute Gasteiger partial charge is 0.428 e. The lowest BCUT2D eigenvalue weighted by molar-refractivity contribution is -0.147. The fourth-order valence-corrected chi connectivity index (χ4v) is 1.89. The Morgan fingerprint density at radius 2 is 1.82 bits per heavy atom. The van der Waals surface area contributed by atoms with Crippen molar-refractivity contribution >= 4 is 12.1 Å². The Hall–Kier alpha value is -2.14. The van der Waals surface area contributed by atoms with Gasteiger partial charge in [-0.2, -0.15) is 0 Å². The van der Waals surface area contributed by atoms with Crippen LogP contribution >= 0.6 is 0 Å². The fourth-order valence-electron chi connectivity index (χ4n) is 1.89. The van der Waals surface area contributed by atoms with Crippen molar-refractivity contribution in [2.45, 2.75) is 44.8 Å². The van der Waals surface area contributed by atoms with Crippen LogP contribution in [-0.2, 0) is 20.7 Å². The van der Waals surface area contributed by atoms with E-state index in [0.29, 0.717) is 0 Å². The molecule has 2 N–H and O–H groups in total. The Morgan fingerprint density at radius 3 is 2.32 bits per heavy atom. The van der Waals surface area contributed by atoms with Crippen molar-refractivity contribution in [1.29, 1.82) is 0 Å². The van der Waals surface area contributed by atoms with Crippen molar-refractivity contribution < 1.29 is 19.1 Å². The maximum atomic E-state index is 12.3. The number of nitrogens with two attached hydrogens (primary N) is 1. The van der Waals surface area contributed by atoms with Crippen molar-refractivity contribution in [1.82, 2.24) is 0 Å². The molecule has 0 fully saturated rings. The molecule has 5 nitrogen and oxygen atoms in total. The van der Waals surface area contributed by atoms with Gasteiger partial charge in [0.2, 0.25) is 0 Å². The van der Waals surface area contributed by atoms with Crippen molar-refractivity contribution in [2.75, 3.05) is 0 Å². The van der Waals surface area contributed by atoms with Crippen LogP contribution in [0.1, 0.15) is 32.8 Å². The van der Waals surface area contributed by atoms with E-state index in [-0.39, 0.29) is 12.8 Å². The van der Waals surface area contributed by atoms with E-state index in [1.54, 1.807) is 20.8 Å². The zero-order valence-corrected chi connectivity index (χ0v) is 13.3. The van der Waals surface area contributed by atoms with Gasteiger partial charge in [0.05, 0.1) is 0 Å². The molecule has 0 aliphatic carbocycles. The van der Waals surface area contributed by atoms with Crippen molar-refractivity contribution in [3.8, 4) is 0 Å². The molecule has 0 aromatic heterocycles. The van der Waals surface area contributed by atoms with Gasteiger partial charge in [-0.3, -0.25) is 0 Å². The molecule has 0 saturated carbocycles. The molecule has 0 bridgehead atoms. The van der Waals surface area contributed by atoms with Crippen molar-refractivity contribution in [3.05, 3.63) is 48.6 Å². The third-order valence-electron chi connectivity index (χ3n) is 2.84. The summed E-state index contributed by atoms with van der Waals surface area (Å²) >= 11 is 0. The van der Waals surface area contributed by atoms with Crippen LogP contribution in [0.4, 0.5) is 4.79 Å². The summed E-state index contributed by atoms with van der Waals surface area (Å²) in [6.45, 7) is 8.65. The topological polar surface area (TPSA) is 78.6 Å². The summed E-state index contributed by atoms with van der Waals surface area (Å²) in [6, 6.07) is 9.27. The van der Waals surface area contributed by atoms with E-state index in [9.17, 15) is 9.59 Å². The Bertz CT molecular complexity index is 533. The molecule has 0 radical (unpaired) electrons. The normalized spacial score (nSPS) is 13.8. The first kappa shape index (κ1) is 17.9. The van der Waals surface area contributed by atoms with Crippen LogP contribution in [-0.4, -0.2) is 23.3 Å². The number of carbonyl (C=O) groups is 2. The molecule has 0 saturated heterocycles. The van der Waals surface area contributed by atoms with Gasteiger partial charge in [-0.25, -0.2) is 9.59 Å². The second kappa shape index (κ2) is 7.22. The maximum Gasteiger partial charge on any atom is 0.516 e. The van der Waals surface area contributed by atoms with E-state index in [1.165, 1.54) is 6.08 Å². The minimum atomic E-state index is -1.36. The van der Waals surface area contributed by atoms with Gasteiger partial charge in [0, 0.05) is 6.42 Å². The van der Waals surface area contributed by atoms with Crippen LogP contribution in [0.15, 0.2) is 43.0 Å². The largest absolute Gasteiger partial charge is 0.516 e. The highest BCUT2D eigenvalue weighted by Gasteiger charge is 2.37. The standard InChI is InChI=1S/C17H23NO4/c1-5-11-17(18,12-13-9-7-6-8-10-13)14(19)21-15(20)22-16(2,3)4/h5-10H,1,11-12,18H2,2-4H3/t17-/m0/s1. The van der Waals surface area contributed by atoms with Gasteiger partial charge < -0.3 is 15.2 Å². The summed E-state index contributed by atoms with van der Waals surface area (Å²) in [5, 5.41) is 0. The highest BCUT2D eigenvalue weighted by Crippen LogP contribution is 2.19. The summed E-state index contributed by atoms with van der Waals surface area (Å²) in [6.07, 6.45) is 0.897. The molecule has 1 rings (SSSR count). The van der Waals surface area contributed by atoms with Gasteiger partial charge in [0.15, 0.2) is 0 Å². The zero-order valence-electron chi connectivity index (χ0n) is 13.3. The Labute approximate surface area is 131 Å². The summed E-state index contributed by atoms with van der Waals surface area (Å²) in [4.78, 5) is 23.9. The molecule has 0 aliphatic heterocycles. The molecule has 0 unspecified atom stereocenters. The number of hydrogen-bond acceptors (Lipinski definition) is 5. The molecule has 120 valence electrons. The highest BCUT2D eigenvalue weighted by atomic mass is 16.7. The summed E-state index contributed by atoms with van der Waals surface area (Å²) in [5.41, 5.74) is 4.91. The molecule has 0 heterocycles. The lowest BCUT2D eigenvalue weighted by Gasteiger charge is -2.26. The molecule has 0 amide bonds. The number of esters is 1. The average molecular weight is 305 g/mol. The highest BCUT2D eigenvalue weighted by molar-refractivity contribution is 5.89. The zero-order chi connectivity index (χ0) is 16.8. The molecule has 1 aromatic rings. The predicted octanol–water partition coefficient (Wildman–Crippen LogP) is 2.98. The molecule has 1 atom stereocenters. The van der Waals surface area contributed by atoms with Crippen LogP contribution in [0.5, 0.6) is 0 Å². The average Bonchev–Trinajstić information content (AvgIpc) is 2.37. The summed E-state index contributed by atoms with van der Waals surface area (Å²) in [7, 11) is 0. The number of ether oxygens (including phenoxy) is 2. The lowest BCUT2D eigenvalue weighted by atomic mass is 9.88. The van der Waals surface area contributed by atoms with Crippen molar-refractivity contribution in [2.24, 2.45) is 5.73 Å². The van der Waals surface area contributed by atoms with Gasteiger partial charge in [-0.1, -0.05) is 36.4 Å². The first-order chi connectivity index (χ1) is 10.2. The molecular weight excluding hydrogens is 282 g/mol. The van der Waals surface area contributed by atoms with E-state index in [0.717, 1.165) is 5.56 Å². The second-order valence-corrected chi connectivity index (χ2v) is 6.17. The molecule has 0 spiro atoms. The minimum absolute atomic E-state index is 0.184. The number of rotatable bonds is 5. The van der Waals surface area contributed by atoms with Gasteiger partial charge in [0.1, 0.15) is 11.1 Å². The van der Waals surface area contributed by atoms with E-state index in [4.69, 9.17) is 15.2 Å². The Kier molecular flexibility index (Phi) is 5.88. The Balaban J connectivity index is 2.82. The van der Waals surface area contributed by atoms with Crippen LogP contribution in [0.25, 0.3) is 0 Å². The monoisotopic (exact) mass is 305 g/mol. The van der Waals surface area contributed by atoms with Gasteiger partial charge >= 0.3 is 12.1 Å². The second-order valence-electron chi connectivity index (χ2n) is 6.17. The molecule has 22 heavy (non-hydrogen) atoms. The van der Waals surface area contributed by atoms with Gasteiger partial charge in [-0.05, 0) is 32.8 Å². The van der Waals surface area contributed by atoms with Crippen LogP contribution in [0.2, 0.25) is 0 Å². The van der Waals surface area contributed by atoms with Crippen molar-refractivity contribution in [3.63, 3.8) is 0 Å². The number of benzene rings is 1. The molecular formula is C17H23NO4. The number of carbonyl (C=O) groups excluding carboxylic acids is 2. The first-order valence-corrected chi connectivity index (χ1v) is 7.05. The molecule has 0 aliphatic rings. The van der Waals surface area contributed by atoms with E-state index in [1.807, 2.05) is 30.3 Å². The lowest BCUT2D eigenvalue weighted by Crippen LogP contribution is -2.51. The SMILES string of the molecule is C=CC[C@](N)(Cc1ccccc1)C(=O)OC(=O)OC(C)(C)C. The summed E-state index contributed by atoms with van der Waals surface area (Å²) < 4.78 is 9.71. The van der Waals surface area contributed by atoms with Crippen LogP contribution in [0, 0.1) is 0 Å². The third-order valence-corrected chi connectivity index (χ3v) is 2.84. The van der Waals surface area contributed by atoms with Crippen LogP contribution in [0.3, 0.4) is 0 Å². The van der Waals surface area contributed by atoms with E-state index >= 15 is 0 Å². The predicted molar refractivity (Wildman–Crippen MR) is 84.2 cm³/mol. The molecule has 5 heteroatoms. The fraction of sp³-hybridized carbons (Fsp3) is 0.412. The van der Waals surface area contributed by atoms with E-state index < -0.39 is 23.3 Å². The van der Waals surface area contributed by atoms with E-state index in [2.05, 4.69) is 6.58 Å². The molecule has 1 aromatic carbocycles. The minimum Gasteiger partial charge on any atom is -0.428 e. The van der Waals surface area contributed by atoms with Gasteiger partial charge in [0.25, 0.3) is 0 Å². The van der Waals surface area contributed by atoms with Crippen LogP contribution < -0.4 is 5.73 Å². The van der Waals surface area contributed by atoms with Gasteiger partial charge in [-0.15, -0.1) is 6.58 Å². The maximum absolute atomic E-state index is 12.3.